The fraction of sp³-hybridized carbons (Fsp3) is 0.650. The molecule has 0 aliphatic heterocycles. The predicted molar refractivity (Wildman–Crippen MR) is 91.7 cm³/mol. The minimum Gasteiger partial charge on any atom is -0.299 e. The number of carbonyl (C=O) groups is 1. The molecule has 21 heavy (non-hydrogen) atoms. The highest BCUT2D eigenvalue weighted by Crippen LogP contribution is 2.13. The van der Waals surface area contributed by atoms with E-state index < -0.39 is 0 Å². The van der Waals surface area contributed by atoms with Crippen LogP contribution in [-0.2, 0) is 11.2 Å². The van der Waals surface area contributed by atoms with Crippen molar-refractivity contribution in [1.82, 2.24) is 0 Å². The van der Waals surface area contributed by atoms with Crippen molar-refractivity contribution in [3.05, 3.63) is 35.4 Å². The second-order valence-electron chi connectivity index (χ2n) is 6.22. The summed E-state index contributed by atoms with van der Waals surface area (Å²) in [5.41, 5.74) is 2.43. The normalized spacial score (nSPS) is 10.8. The summed E-state index contributed by atoms with van der Waals surface area (Å²) in [6.07, 6.45) is 13.2. The molecular formula is C20H32O. The molecule has 0 heterocycles. The third-order valence-corrected chi connectivity index (χ3v) is 4.21. The Morgan fingerprint density at radius 2 is 1.43 bits per heavy atom. The second-order valence-corrected chi connectivity index (χ2v) is 6.22. The Morgan fingerprint density at radius 3 is 2.05 bits per heavy atom. The van der Waals surface area contributed by atoms with Gasteiger partial charge in [0, 0.05) is 12.8 Å². The van der Waals surface area contributed by atoms with Gasteiger partial charge >= 0.3 is 0 Å². The van der Waals surface area contributed by atoms with Gasteiger partial charge in [0.1, 0.15) is 5.78 Å². The molecular weight excluding hydrogens is 256 g/mol. The first-order valence-corrected chi connectivity index (χ1v) is 8.80. The van der Waals surface area contributed by atoms with Gasteiger partial charge in [-0.05, 0) is 24.5 Å². The van der Waals surface area contributed by atoms with E-state index in [-0.39, 0.29) is 0 Å². The number of ketones is 1. The lowest BCUT2D eigenvalue weighted by Crippen LogP contribution is -2.03. The van der Waals surface area contributed by atoms with Crippen LogP contribution >= 0.6 is 0 Å². The van der Waals surface area contributed by atoms with E-state index in [9.17, 15) is 4.79 Å². The molecule has 0 radical (unpaired) electrons. The summed E-state index contributed by atoms with van der Waals surface area (Å²) in [6.45, 7) is 4.34. The van der Waals surface area contributed by atoms with E-state index in [1.165, 1.54) is 62.5 Å². The molecule has 0 fully saturated rings. The molecule has 1 aromatic carbocycles. The van der Waals surface area contributed by atoms with Gasteiger partial charge in [0.2, 0.25) is 0 Å². The highest BCUT2D eigenvalue weighted by atomic mass is 16.1. The van der Waals surface area contributed by atoms with Crippen molar-refractivity contribution < 1.29 is 4.79 Å². The molecule has 0 N–H and O–H groups in total. The Morgan fingerprint density at radius 1 is 0.857 bits per heavy atom. The van der Waals surface area contributed by atoms with Crippen LogP contribution in [0.2, 0.25) is 0 Å². The molecule has 0 unspecified atom stereocenters. The maximum absolute atomic E-state index is 12.0. The monoisotopic (exact) mass is 288 g/mol. The van der Waals surface area contributed by atoms with Gasteiger partial charge < -0.3 is 0 Å². The first-order valence-electron chi connectivity index (χ1n) is 8.80. The molecule has 1 nitrogen and oxygen atoms in total. The fourth-order valence-corrected chi connectivity index (χ4v) is 2.74. The zero-order valence-corrected chi connectivity index (χ0v) is 14.0. The summed E-state index contributed by atoms with van der Waals surface area (Å²) in [5, 5.41) is 0. The van der Waals surface area contributed by atoms with Crippen LogP contribution in [0.3, 0.4) is 0 Å². The lowest BCUT2D eigenvalue weighted by atomic mass is 10.00. The predicted octanol–water partition coefficient (Wildman–Crippen LogP) is 6.03. The summed E-state index contributed by atoms with van der Waals surface area (Å²) in [6, 6.07) is 8.21. The third-order valence-electron chi connectivity index (χ3n) is 4.21. The molecule has 0 atom stereocenters. The zero-order chi connectivity index (χ0) is 15.3. The molecule has 0 spiro atoms. The summed E-state index contributed by atoms with van der Waals surface area (Å²) in [5.74, 6) is 0.396. The molecule has 1 aromatic rings. The number of hydrogen-bond acceptors (Lipinski definition) is 1. The highest BCUT2D eigenvalue weighted by Gasteiger charge is 2.05. The van der Waals surface area contributed by atoms with Crippen molar-refractivity contribution in [2.24, 2.45) is 0 Å². The van der Waals surface area contributed by atoms with Crippen LogP contribution in [0.25, 0.3) is 0 Å². The van der Waals surface area contributed by atoms with E-state index in [1.807, 2.05) is 12.1 Å². The van der Waals surface area contributed by atoms with Gasteiger partial charge in [0.25, 0.3) is 0 Å². The van der Waals surface area contributed by atoms with E-state index in [0.717, 1.165) is 12.8 Å². The Balaban J connectivity index is 2.00. The minimum absolute atomic E-state index is 0.396. The Kier molecular flexibility index (Phi) is 9.86. The van der Waals surface area contributed by atoms with Gasteiger partial charge in [-0.3, -0.25) is 4.79 Å². The largest absolute Gasteiger partial charge is 0.299 e. The number of rotatable bonds is 12. The third kappa shape index (κ3) is 8.70. The van der Waals surface area contributed by atoms with Crippen molar-refractivity contribution in [2.75, 3.05) is 0 Å². The van der Waals surface area contributed by atoms with Crippen molar-refractivity contribution in [1.29, 1.82) is 0 Å². The van der Waals surface area contributed by atoms with E-state index in [0.29, 0.717) is 12.2 Å². The first kappa shape index (κ1) is 17.9. The Hall–Kier alpha value is -1.11. The van der Waals surface area contributed by atoms with Crippen LogP contribution in [0.1, 0.15) is 82.3 Å². The van der Waals surface area contributed by atoms with Crippen LogP contribution in [0.5, 0.6) is 0 Å². The summed E-state index contributed by atoms with van der Waals surface area (Å²) in [4.78, 5) is 12.0. The van der Waals surface area contributed by atoms with Gasteiger partial charge in [-0.15, -0.1) is 0 Å². The molecule has 0 bridgehead atoms. The molecule has 0 aromatic heterocycles. The quantitative estimate of drug-likeness (QED) is 0.429. The summed E-state index contributed by atoms with van der Waals surface area (Å²) in [7, 11) is 0. The number of aryl methyl sites for hydroxylation is 1. The minimum atomic E-state index is 0.396. The molecule has 1 heteroatoms. The number of carbonyl (C=O) groups excluding carboxylic acids is 1. The van der Waals surface area contributed by atoms with E-state index >= 15 is 0 Å². The molecule has 118 valence electrons. The Labute approximate surface area is 131 Å². The first-order chi connectivity index (χ1) is 10.2. The second kappa shape index (κ2) is 11.5. The number of hydrogen-bond donors (Lipinski definition) is 0. The van der Waals surface area contributed by atoms with Crippen molar-refractivity contribution in [3.63, 3.8) is 0 Å². The van der Waals surface area contributed by atoms with Gasteiger partial charge in [0.05, 0.1) is 0 Å². The molecule has 1 rings (SSSR count). The van der Waals surface area contributed by atoms with Crippen molar-refractivity contribution in [2.45, 2.75) is 84.5 Å². The van der Waals surface area contributed by atoms with Crippen LogP contribution in [0, 0.1) is 6.92 Å². The van der Waals surface area contributed by atoms with Crippen LogP contribution < -0.4 is 0 Å². The van der Waals surface area contributed by atoms with Crippen molar-refractivity contribution in [3.8, 4) is 0 Å². The van der Waals surface area contributed by atoms with Crippen LogP contribution in [0.4, 0.5) is 0 Å². The van der Waals surface area contributed by atoms with Crippen molar-refractivity contribution >= 4 is 5.78 Å². The summed E-state index contributed by atoms with van der Waals surface area (Å²) >= 11 is 0. The number of benzene rings is 1. The zero-order valence-electron chi connectivity index (χ0n) is 14.0. The highest BCUT2D eigenvalue weighted by molar-refractivity contribution is 5.81. The van der Waals surface area contributed by atoms with Crippen LogP contribution in [-0.4, -0.2) is 5.78 Å². The standard InChI is InChI=1S/C20H32O/c1-3-4-5-6-7-8-9-10-11-16-20(21)17-19-15-13-12-14-18(19)2/h12-15H,3-11,16-17H2,1-2H3. The fourth-order valence-electron chi connectivity index (χ4n) is 2.74. The lowest BCUT2D eigenvalue weighted by molar-refractivity contribution is -0.118. The van der Waals surface area contributed by atoms with E-state index in [2.05, 4.69) is 26.0 Å². The lowest BCUT2D eigenvalue weighted by Gasteiger charge is -2.05. The summed E-state index contributed by atoms with van der Waals surface area (Å²) < 4.78 is 0. The average molecular weight is 288 g/mol. The topological polar surface area (TPSA) is 17.1 Å². The van der Waals surface area contributed by atoms with Gasteiger partial charge in [0.15, 0.2) is 0 Å². The maximum atomic E-state index is 12.0. The molecule has 0 saturated heterocycles. The Bertz CT molecular complexity index is 395. The SMILES string of the molecule is CCCCCCCCCCCC(=O)Cc1ccccc1C. The van der Waals surface area contributed by atoms with Crippen LogP contribution in [0.15, 0.2) is 24.3 Å². The van der Waals surface area contributed by atoms with E-state index in [4.69, 9.17) is 0 Å². The smallest absolute Gasteiger partial charge is 0.137 e. The molecule has 0 saturated carbocycles. The molecule has 0 aliphatic rings. The van der Waals surface area contributed by atoms with Gasteiger partial charge in [-0.25, -0.2) is 0 Å². The van der Waals surface area contributed by atoms with E-state index in [1.54, 1.807) is 0 Å². The van der Waals surface area contributed by atoms with Gasteiger partial charge in [-0.1, -0.05) is 82.6 Å². The average Bonchev–Trinajstić information content (AvgIpc) is 2.48. The number of unbranched alkanes of at least 4 members (excludes halogenated alkanes) is 8. The maximum Gasteiger partial charge on any atom is 0.137 e. The molecule has 0 amide bonds. The number of Topliss-reactive ketones (excluding diaryl/α,β-unsaturated/α-hetero) is 1. The molecule has 0 aliphatic carbocycles. The van der Waals surface area contributed by atoms with Gasteiger partial charge in [-0.2, -0.15) is 0 Å².